The Morgan fingerprint density at radius 2 is 1.94 bits per heavy atom. The van der Waals surface area contributed by atoms with Gasteiger partial charge in [0.1, 0.15) is 0 Å². The van der Waals surface area contributed by atoms with E-state index in [1.54, 1.807) is 0 Å². The summed E-state index contributed by atoms with van der Waals surface area (Å²) in [6.45, 7) is 5.39. The molecule has 1 saturated heterocycles. The van der Waals surface area contributed by atoms with Gasteiger partial charge >= 0.3 is 0 Å². The Balaban J connectivity index is 0.00000120. The van der Waals surface area contributed by atoms with E-state index in [1.807, 2.05) is 0 Å². The smallest absolute Gasteiger partial charge is 0.223 e. The molecule has 0 aromatic carbocycles. The molecule has 2 aliphatic carbocycles. The van der Waals surface area contributed by atoms with E-state index in [0.29, 0.717) is 22.7 Å². The van der Waals surface area contributed by atoms with Crippen molar-refractivity contribution in [1.29, 1.82) is 0 Å². The number of piperidine rings is 1. The minimum absolute atomic E-state index is 0. The monoisotopic (exact) mass is 272 g/mol. The quantitative estimate of drug-likeness (QED) is 0.826. The minimum atomic E-state index is 0. The Morgan fingerprint density at radius 1 is 1.28 bits per heavy atom. The van der Waals surface area contributed by atoms with Crippen LogP contribution in [0.1, 0.15) is 45.4 Å². The fourth-order valence-corrected chi connectivity index (χ4v) is 3.58. The maximum atomic E-state index is 12.1. The van der Waals surface area contributed by atoms with Crippen LogP contribution < -0.4 is 10.6 Å². The second kappa shape index (κ2) is 5.01. The molecule has 1 unspecified atom stereocenters. The molecule has 3 fully saturated rings. The van der Waals surface area contributed by atoms with E-state index in [0.717, 1.165) is 26.1 Å². The summed E-state index contributed by atoms with van der Waals surface area (Å²) in [6, 6.07) is 0. The van der Waals surface area contributed by atoms with Crippen LogP contribution in [-0.2, 0) is 4.79 Å². The summed E-state index contributed by atoms with van der Waals surface area (Å²) in [5.74, 6) is 0.660. The molecular weight excluding hydrogens is 248 g/mol. The van der Waals surface area contributed by atoms with E-state index in [4.69, 9.17) is 0 Å². The number of rotatable bonds is 3. The molecule has 1 heterocycles. The van der Waals surface area contributed by atoms with Crippen molar-refractivity contribution < 1.29 is 4.79 Å². The third kappa shape index (κ3) is 2.53. The SMILES string of the molecule is CC1(CNC(=O)C2CC23CCNCC3)CCC1.Cl. The van der Waals surface area contributed by atoms with E-state index in [2.05, 4.69) is 17.6 Å². The Bertz CT molecular complexity index is 322. The van der Waals surface area contributed by atoms with Gasteiger partial charge in [0, 0.05) is 12.5 Å². The Morgan fingerprint density at radius 3 is 2.50 bits per heavy atom. The van der Waals surface area contributed by atoms with E-state index in [9.17, 15) is 4.79 Å². The summed E-state index contributed by atoms with van der Waals surface area (Å²) < 4.78 is 0. The average molecular weight is 273 g/mol. The normalized spacial score (nSPS) is 31.1. The lowest BCUT2D eigenvalue weighted by atomic mass is 9.70. The predicted molar refractivity (Wildman–Crippen MR) is 74.9 cm³/mol. The topological polar surface area (TPSA) is 41.1 Å². The van der Waals surface area contributed by atoms with Gasteiger partial charge in [-0.1, -0.05) is 13.3 Å². The second-order valence-electron chi connectivity index (χ2n) is 6.75. The third-order valence-electron chi connectivity index (χ3n) is 5.36. The lowest BCUT2D eigenvalue weighted by Gasteiger charge is -2.38. The molecule has 1 spiro atoms. The second-order valence-corrected chi connectivity index (χ2v) is 6.75. The molecule has 3 aliphatic rings. The van der Waals surface area contributed by atoms with Crippen molar-refractivity contribution in [2.75, 3.05) is 19.6 Å². The van der Waals surface area contributed by atoms with E-state index >= 15 is 0 Å². The third-order valence-corrected chi connectivity index (χ3v) is 5.36. The molecule has 0 aromatic heterocycles. The lowest BCUT2D eigenvalue weighted by molar-refractivity contribution is -0.124. The van der Waals surface area contributed by atoms with Crippen LogP contribution in [0.4, 0.5) is 0 Å². The van der Waals surface area contributed by atoms with Crippen molar-refractivity contribution in [1.82, 2.24) is 10.6 Å². The van der Waals surface area contributed by atoms with Crippen molar-refractivity contribution in [3.8, 4) is 0 Å². The first-order valence-electron chi connectivity index (χ1n) is 7.12. The van der Waals surface area contributed by atoms with Crippen molar-refractivity contribution in [3.05, 3.63) is 0 Å². The van der Waals surface area contributed by atoms with Gasteiger partial charge in [-0.05, 0) is 56.0 Å². The maximum absolute atomic E-state index is 12.1. The number of carbonyl (C=O) groups is 1. The molecule has 3 rings (SSSR count). The van der Waals surface area contributed by atoms with Crippen LogP contribution in [0.5, 0.6) is 0 Å². The highest BCUT2D eigenvalue weighted by atomic mass is 35.5. The van der Waals surface area contributed by atoms with Crippen LogP contribution in [0.25, 0.3) is 0 Å². The number of halogens is 1. The summed E-state index contributed by atoms with van der Waals surface area (Å²) in [7, 11) is 0. The van der Waals surface area contributed by atoms with Gasteiger partial charge < -0.3 is 10.6 Å². The van der Waals surface area contributed by atoms with E-state index < -0.39 is 0 Å². The largest absolute Gasteiger partial charge is 0.355 e. The summed E-state index contributed by atoms with van der Waals surface area (Å²) in [5, 5.41) is 6.58. The van der Waals surface area contributed by atoms with Gasteiger partial charge in [-0.2, -0.15) is 0 Å². The van der Waals surface area contributed by atoms with Gasteiger partial charge in [-0.25, -0.2) is 0 Å². The van der Waals surface area contributed by atoms with Crippen molar-refractivity contribution in [2.24, 2.45) is 16.7 Å². The van der Waals surface area contributed by atoms with Crippen LogP contribution in [0.2, 0.25) is 0 Å². The number of amides is 1. The van der Waals surface area contributed by atoms with E-state index in [-0.39, 0.29) is 12.4 Å². The Labute approximate surface area is 116 Å². The number of hydrogen-bond donors (Lipinski definition) is 2. The first-order valence-corrected chi connectivity index (χ1v) is 7.12. The molecule has 1 aliphatic heterocycles. The fraction of sp³-hybridized carbons (Fsp3) is 0.929. The zero-order valence-corrected chi connectivity index (χ0v) is 12.1. The zero-order valence-electron chi connectivity index (χ0n) is 11.3. The molecule has 1 amide bonds. The summed E-state index contributed by atoms with van der Waals surface area (Å²) in [6.07, 6.45) is 7.44. The molecule has 2 N–H and O–H groups in total. The molecular formula is C14H25ClN2O. The first-order chi connectivity index (χ1) is 8.14. The highest BCUT2D eigenvalue weighted by Crippen LogP contribution is 2.58. The number of carbonyl (C=O) groups excluding carboxylic acids is 1. The Kier molecular flexibility index (Phi) is 3.93. The van der Waals surface area contributed by atoms with Crippen LogP contribution in [0.15, 0.2) is 0 Å². The summed E-state index contributed by atoms with van der Waals surface area (Å²) in [5.41, 5.74) is 0.793. The summed E-state index contributed by atoms with van der Waals surface area (Å²) >= 11 is 0. The standard InChI is InChI=1S/C14H24N2O.ClH/c1-13(3-2-4-13)10-16-12(17)11-9-14(11)5-7-15-8-6-14;/h11,15H,2-10H2,1H3,(H,16,17);1H. The van der Waals surface area contributed by atoms with Gasteiger partial charge in [0.25, 0.3) is 0 Å². The first kappa shape index (κ1) is 14.1. The molecule has 3 nitrogen and oxygen atoms in total. The molecule has 104 valence electrons. The molecule has 18 heavy (non-hydrogen) atoms. The molecule has 4 heteroatoms. The predicted octanol–water partition coefficient (Wildman–Crippen LogP) is 2.10. The Hall–Kier alpha value is -0.280. The fourth-order valence-electron chi connectivity index (χ4n) is 3.58. The maximum Gasteiger partial charge on any atom is 0.223 e. The molecule has 1 atom stereocenters. The zero-order chi connectivity index (χ0) is 11.9. The number of hydrogen-bond acceptors (Lipinski definition) is 2. The van der Waals surface area contributed by atoms with E-state index in [1.165, 1.54) is 32.1 Å². The molecule has 0 radical (unpaired) electrons. The highest BCUT2D eigenvalue weighted by Gasteiger charge is 2.57. The van der Waals surface area contributed by atoms with Gasteiger partial charge in [0.05, 0.1) is 0 Å². The van der Waals surface area contributed by atoms with Gasteiger partial charge in [0.2, 0.25) is 5.91 Å². The summed E-state index contributed by atoms with van der Waals surface area (Å²) in [4.78, 5) is 12.1. The van der Waals surface area contributed by atoms with Crippen LogP contribution in [-0.4, -0.2) is 25.5 Å². The van der Waals surface area contributed by atoms with Crippen molar-refractivity contribution >= 4 is 18.3 Å². The molecule has 0 bridgehead atoms. The van der Waals surface area contributed by atoms with Gasteiger partial charge in [0.15, 0.2) is 0 Å². The van der Waals surface area contributed by atoms with Crippen LogP contribution in [0.3, 0.4) is 0 Å². The van der Waals surface area contributed by atoms with Gasteiger partial charge in [-0.3, -0.25) is 4.79 Å². The average Bonchev–Trinajstić information content (AvgIpc) is 2.98. The van der Waals surface area contributed by atoms with Crippen molar-refractivity contribution in [3.63, 3.8) is 0 Å². The molecule has 0 aromatic rings. The van der Waals surface area contributed by atoms with Gasteiger partial charge in [-0.15, -0.1) is 12.4 Å². The van der Waals surface area contributed by atoms with Crippen LogP contribution in [0, 0.1) is 16.7 Å². The highest BCUT2D eigenvalue weighted by molar-refractivity contribution is 5.85. The van der Waals surface area contributed by atoms with Crippen LogP contribution >= 0.6 is 12.4 Å². The van der Waals surface area contributed by atoms with Crippen molar-refractivity contribution in [2.45, 2.75) is 45.4 Å². The minimum Gasteiger partial charge on any atom is -0.355 e. The lowest BCUT2D eigenvalue weighted by Crippen LogP contribution is -2.41. The molecule has 2 saturated carbocycles. The number of nitrogens with one attached hydrogen (secondary N) is 2.